The maximum atomic E-state index is 9.67. The molecule has 0 spiro atoms. The summed E-state index contributed by atoms with van der Waals surface area (Å²) in [6, 6.07) is 17.9. The predicted octanol–water partition coefficient (Wildman–Crippen LogP) is 5.39. The van der Waals surface area contributed by atoms with Gasteiger partial charge in [0.1, 0.15) is 5.82 Å². The summed E-state index contributed by atoms with van der Waals surface area (Å²) in [6.07, 6.45) is 0. The van der Waals surface area contributed by atoms with E-state index in [-0.39, 0.29) is 18.6 Å². The van der Waals surface area contributed by atoms with E-state index < -0.39 is 0 Å². The number of benzene rings is 2. The summed E-state index contributed by atoms with van der Waals surface area (Å²) in [5.41, 5.74) is 3.92. The minimum Gasteiger partial charge on any atom is -0.394 e. The Bertz CT molecular complexity index is 931. The molecule has 3 aromatic rings. The number of rotatable bonds is 7. The van der Waals surface area contributed by atoms with Crippen LogP contribution in [0.1, 0.15) is 19.4 Å². The van der Waals surface area contributed by atoms with E-state index in [1.165, 1.54) is 5.56 Å². The standard InChI is InChI=1S/C22H25BrN4O/c1-14(2)20(13-28)26-22-25-19(16-7-5-4-6-8-16)12-21(27-22)24-18-10-9-15(3)11-17(18)23/h4-12,14,20,28H,13H2,1-3H3,(H2,24,25,26,27)/t20-/m0/s1. The van der Waals surface area contributed by atoms with Gasteiger partial charge in [0, 0.05) is 16.1 Å². The molecule has 1 heterocycles. The first-order valence-electron chi connectivity index (χ1n) is 9.31. The zero-order valence-electron chi connectivity index (χ0n) is 16.3. The van der Waals surface area contributed by atoms with Gasteiger partial charge in [-0.1, -0.05) is 50.2 Å². The summed E-state index contributed by atoms with van der Waals surface area (Å²) in [6.45, 7) is 6.17. The van der Waals surface area contributed by atoms with Crippen LogP contribution in [-0.2, 0) is 0 Å². The van der Waals surface area contributed by atoms with Crippen molar-refractivity contribution >= 4 is 33.4 Å². The molecule has 0 bridgehead atoms. The van der Waals surface area contributed by atoms with Gasteiger partial charge in [-0.3, -0.25) is 0 Å². The van der Waals surface area contributed by atoms with Gasteiger partial charge in [0.25, 0.3) is 0 Å². The number of halogens is 1. The van der Waals surface area contributed by atoms with Gasteiger partial charge in [0.15, 0.2) is 0 Å². The summed E-state index contributed by atoms with van der Waals surface area (Å²) in [5.74, 6) is 1.41. The molecule has 5 nitrogen and oxygen atoms in total. The molecule has 0 aliphatic heterocycles. The summed E-state index contributed by atoms with van der Waals surface area (Å²) >= 11 is 3.60. The third-order valence-corrected chi connectivity index (χ3v) is 5.16. The van der Waals surface area contributed by atoms with Crippen LogP contribution in [0.15, 0.2) is 59.1 Å². The molecule has 0 radical (unpaired) electrons. The van der Waals surface area contributed by atoms with Crippen LogP contribution >= 0.6 is 15.9 Å². The Balaban J connectivity index is 1.99. The molecule has 0 amide bonds. The van der Waals surface area contributed by atoms with Crippen LogP contribution < -0.4 is 10.6 Å². The second kappa shape index (κ2) is 9.17. The fourth-order valence-electron chi connectivity index (χ4n) is 2.78. The average Bonchev–Trinajstić information content (AvgIpc) is 2.68. The molecule has 28 heavy (non-hydrogen) atoms. The summed E-state index contributed by atoms with van der Waals surface area (Å²) in [5, 5.41) is 16.3. The molecule has 146 valence electrons. The van der Waals surface area contributed by atoms with Crippen LogP contribution in [0.2, 0.25) is 0 Å². The second-order valence-corrected chi connectivity index (χ2v) is 7.97. The number of aliphatic hydroxyl groups excluding tert-OH is 1. The van der Waals surface area contributed by atoms with Gasteiger partial charge < -0.3 is 15.7 Å². The minimum absolute atomic E-state index is 0.0167. The molecule has 0 saturated heterocycles. The van der Waals surface area contributed by atoms with Crippen molar-refractivity contribution in [2.45, 2.75) is 26.8 Å². The third kappa shape index (κ3) is 5.09. The van der Waals surface area contributed by atoms with Crippen LogP contribution in [-0.4, -0.2) is 27.7 Å². The van der Waals surface area contributed by atoms with Crippen LogP contribution in [0.4, 0.5) is 17.5 Å². The Labute approximate surface area is 174 Å². The number of nitrogens with zero attached hydrogens (tertiary/aromatic N) is 2. The van der Waals surface area contributed by atoms with E-state index in [9.17, 15) is 5.11 Å². The van der Waals surface area contributed by atoms with Crippen molar-refractivity contribution in [1.82, 2.24) is 9.97 Å². The maximum absolute atomic E-state index is 9.67. The van der Waals surface area contributed by atoms with Crippen molar-refractivity contribution < 1.29 is 5.11 Å². The first kappa shape index (κ1) is 20.3. The maximum Gasteiger partial charge on any atom is 0.225 e. The zero-order valence-corrected chi connectivity index (χ0v) is 17.9. The Morgan fingerprint density at radius 1 is 1.04 bits per heavy atom. The van der Waals surface area contributed by atoms with Gasteiger partial charge in [-0.25, -0.2) is 4.98 Å². The Morgan fingerprint density at radius 3 is 2.43 bits per heavy atom. The van der Waals surface area contributed by atoms with Gasteiger partial charge in [-0.15, -0.1) is 0 Å². The summed E-state index contributed by atoms with van der Waals surface area (Å²) in [4.78, 5) is 9.29. The van der Waals surface area contributed by atoms with Crippen LogP contribution in [0, 0.1) is 12.8 Å². The van der Waals surface area contributed by atoms with Crippen molar-refractivity contribution in [2.24, 2.45) is 5.92 Å². The molecule has 2 aromatic carbocycles. The first-order chi connectivity index (χ1) is 13.5. The van der Waals surface area contributed by atoms with Crippen molar-refractivity contribution in [3.05, 3.63) is 64.6 Å². The predicted molar refractivity (Wildman–Crippen MR) is 119 cm³/mol. The zero-order chi connectivity index (χ0) is 20.1. The van der Waals surface area contributed by atoms with Crippen LogP contribution in [0.3, 0.4) is 0 Å². The molecular formula is C22H25BrN4O. The summed E-state index contributed by atoms with van der Waals surface area (Å²) in [7, 11) is 0. The lowest BCUT2D eigenvalue weighted by Crippen LogP contribution is -2.30. The molecular weight excluding hydrogens is 416 g/mol. The lowest BCUT2D eigenvalue weighted by molar-refractivity contribution is 0.248. The number of aryl methyl sites for hydroxylation is 1. The molecule has 6 heteroatoms. The van der Waals surface area contributed by atoms with Crippen molar-refractivity contribution in [2.75, 3.05) is 17.2 Å². The number of nitrogens with one attached hydrogen (secondary N) is 2. The molecule has 0 aliphatic rings. The van der Waals surface area contributed by atoms with E-state index in [0.717, 1.165) is 21.4 Å². The highest BCUT2D eigenvalue weighted by Crippen LogP contribution is 2.28. The van der Waals surface area contributed by atoms with Crippen molar-refractivity contribution in [1.29, 1.82) is 0 Å². The fraction of sp³-hybridized carbons (Fsp3) is 0.273. The molecule has 0 unspecified atom stereocenters. The Hall–Kier alpha value is -2.44. The Kier molecular flexibility index (Phi) is 6.65. The van der Waals surface area contributed by atoms with Crippen LogP contribution in [0.25, 0.3) is 11.3 Å². The first-order valence-corrected chi connectivity index (χ1v) is 10.1. The van der Waals surface area contributed by atoms with Crippen molar-refractivity contribution in [3.8, 4) is 11.3 Å². The second-order valence-electron chi connectivity index (χ2n) is 7.11. The van der Waals surface area contributed by atoms with E-state index in [0.29, 0.717) is 11.8 Å². The Morgan fingerprint density at radius 2 is 1.79 bits per heavy atom. The van der Waals surface area contributed by atoms with Crippen molar-refractivity contribution in [3.63, 3.8) is 0 Å². The molecule has 1 aromatic heterocycles. The van der Waals surface area contributed by atoms with Gasteiger partial charge in [-0.2, -0.15) is 4.98 Å². The lowest BCUT2D eigenvalue weighted by Gasteiger charge is -2.21. The van der Waals surface area contributed by atoms with E-state index in [2.05, 4.69) is 63.4 Å². The number of hydrogen-bond acceptors (Lipinski definition) is 5. The highest BCUT2D eigenvalue weighted by Gasteiger charge is 2.15. The SMILES string of the molecule is Cc1ccc(Nc2cc(-c3ccccc3)nc(N[C@@H](CO)C(C)C)n2)c(Br)c1. The molecule has 3 N–H and O–H groups in total. The smallest absolute Gasteiger partial charge is 0.225 e. The molecule has 0 fully saturated rings. The molecule has 0 saturated carbocycles. The van der Waals surface area contributed by atoms with E-state index in [1.54, 1.807) is 0 Å². The number of hydrogen-bond donors (Lipinski definition) is 3. The monoisotopic (exact) mass is 440 g/mol. The largest absolute Gasteiger partial charge is 0.394 e. The highest BCUT2D eigenvalue weighted by atomic mass is 79.9. The average molecular weight is 441 g/mol. The van der Waals surface area contributed by atoms with E-state index in [1.807, 2.05) is 48.5 Å². The number of aromatic nitrogens is 2. The van der Waals surface area contributed by atoms with Gasteiger partial charge >= 0.3 is 0 Å². The quantitative estimate of drug-likeness (QED) is 0.459. The normalized spacial score (nSPS) is 12.1. The van der Waals surface area contributed by atoms with E-state index >= 15 is 0 Å². The van der Waals surface area contributed by atoms with E-state index in [4.69, 9.17) is 0 Å². The number of anilines is 3. The molecule has 0 aliphatic carbocycles. The van der Waals surface area contributed by atoms with Gasteiger partial charge in [0.05, 0.1) is 24.0 Å². The lowest BCUT2D eigenvalue weighted by atomic mass is 10.1. The minimum atomic E-state index is -0.120. The van der Waals surface area contributed by atoms with Gasteiger partial charge in [0.2, 0.25) is 5.95 Å². The highest BCUT2D eigenvalue weighted by molar-refractivity contribution is 9.10. The molecule has 1 atom stereocenters. The topological polar surface area (TPSA) is 70.1 Å². The fourth-order valence-corrected chi connectivity index (χ4v) is 3.37. The number of aliphatic hydroxyl groups is 1. The molecule has 3 rings (SSSR count). The van der Waals surface area contributed by atoms with Crippen LogP contribution in [0.5, 0.6) is 0 Å². The summed E-state index contributed by atoms with van der Waals surface area (Å²) < 4.78 is 0.970. The third-order valence-electron chi connectivity index (χ3n) is 4.50. The van der Waals surface area contributed by atoms with Gasteiger partial charge in [-0.05, 0) is 46.5 Å².